The van der Waals surface area contributed by atoms with E-state index in [0.29, 0.717) is 6.61 Å². The Kier molecular flexibility index (Phi) is 5.92. The maximum absolute atomic E-state index is 11.3. The monoisotopic (exact) mass is 300 g/mol. The van der Waals surface area contributed by atoms with Gasteiger partial charge in [-0.2, -0.15) is 5.10 Å². The SMILES string of the molecule is CCOC(=O)/C=N/NP(c1ccccc1)c1ccccc1. The largest absolute Gasteiger partial charge is 0.462 e. The Morgan fingerprint density at radius 3 is 2.10 bits per heavy atom. The number of esters is 1. The van der Waals surface area contributed by atoms with Gasteiger partial charge in [0.2, 0.25) is 0 Å². The number of carbonyl (C=O) groups is 1. The van der Waals surface area contributed by atoms with Gasteiger partial charge in [0, 0.05) is 10.6 Å². The quantitative estimate of drug-likeness (QED) is 0.385. The molecule has 0 aliphatic carbocycles. The molecule has 1 N–H and O–H groups in total. The third kappa shape index (κ3) is 4.69. The fraction of sp³-hybridized carbons (Fsp3) is 0.125. The molecule has 0 bridgehead atoms. The number of carbonyl (C=O) groups excluding carboxylic acids is 1. The fourth-order valence-electron chi connectivity index (χ4n) is 1.74. The summed E-state index contributed by atoms with van der Waals surface area (Å²) in [5, 5.41) is 9.37. The molecule has 2 aromatic rings. The standard InChI is InChI=1S/C16H17N2O2P/c1-2-20-16(19)13-17-18-21(14-9-5-3-6-10-14)15-11-7-4-8-12-15/h3-13,18H,2H2,1H3/b17-13+. The van der Waals surface area contributed by atoms with E-state index in [1.807, 2.05) is 60.7 Å². The van der Waals surface area contributed by atoms with Crippen molar-refractivity contribution >= 4 is 30.9 Å². The normalized spacial score (nSPS) is 10.8. The van der Waals surface area contributed by atoms with Crippen LogP contribution in [0.5, 0.6) is 0 Å². The van der Waals surface area contributed by atoms with Crippen molar-refractivity contribution in [3.63, 3.8) is 0 Å². The Morgan fingerprint density at radius 1 is 1.10 bits per heavy atom. The molecule has 0 aromatic heterocycles. The van der Waals surface area contributed by atoms with Gasteiger partial charge in [-0.3, -0.25) is 5.20 Å². The Hall–Kier alpha value is -2.19. The van der Waals surface area contributed by atoms with Crippen molar-refractivity contribution in [3.8, 4) is 0 Å². The maximum Gasteiger partial charge on any atom is 0.351 e. The molecular formula is C16H17N2O2P. The second-order valence-corrected chi connectivity index (χ2v) is 6.02. The molecule has 0 saturated carbocycles. The number of hydrazone groups is 1. The molecule has 0 fully saturated rings. The van der Waals surface area contributed by atoms with Crippen molar-refractivity contribution in [3.05, 3.63) is 60.7 Å². The topological polar surface area (TPSA) is 50.7 Å². The Labute approximate surface area is 125 Å². The summed E-state index contributed by atoms with van der Waals surface area (Å²) in [6.45, 7) is 2.11. The van der Waals surface area contributed by atoms with Gasteiger partial charge in [0.15, 0.2) is 0 Å². The van der Waals surface area contributed by atoms with Crippen LogP contribution in [0.1, 0.15) is 6.92 Å². The van der Waals surface area contributed by atoms with Crippen LogP contribution in [0.2, 0.25) is 0 Å². The van der Waals surface area contributed by atoms with Gasteiger partial charge in [-0.15, -0.1) is 0 Å². The molecule has 0 spiro atoms. The molecule has 0 saturated heterocycles. The summed E-state index contributed by atoms with van der Waals surface area (Å²) < 4.78 is 4.81. The lowest BCUT2D eigenvalue weighted by atomic mass is 10.4. The van der Waals surface area contributed by atoms with Gasteiger partial charge >= 0.3 is 5.97 Å². The number of benzene rings is 2. The third-order valence-electron chi connectivity index (χ3n) is 2.64. The molecule has 21 heavy (non-hydrogen) atoms. The van der Waals surface area contributed by atoms with Gasteiger partial charge in [-0.25, -0.2) is 4.79 Å². The Bertz CT molecular complexity index is 548. The molecular weight excluding hydrogens is 283 g/mol. The van der Waals surface area contributed by atoms with Crippen molar-refractivity contribution < 1.29 is 9.53 Å². The first-order chi connectivity index (χ1) is 10.3. The molecule has 108 valence electrons. The predicted molar refractivity (Wildman–Crippen MR) is 87.3 cm³/mol. The number of rotatable bonds is 6. The van der Waals surface area contributed by atoms with Crippen LogP contribution >= 0.6 is 8.07 Å². The summed E-state index contributed by atoms with van der Waals surface area (Å²) in [6.07, 6.45) is 1.17. The third-order valence-corrected chi connectivity index (χ3v) is 4.59. The number of hydrogen-bond acceptors (Lipinski definition) is 4. The summed E-state index contributed by atoms with van der Waals surface area (Å²) in [4.78, 5) is 11.3. The first kappa shape index (κ1) is 15.2. The number of hydrogen-bond donors (Lipinski definition) is 1. The van der Waals surface area contributed by atoms with Gasteiger partial charge in [-0.05, 0) is 6.92 Å². The lowest BCUT2D eigenvalue weighted by molar-refractivity contribution is -0.134. The second kappa shape index (κ2) is 8.18. The summed E-state index contributed by atoms with van der Waals surface area (Å²) >= 11 is 0. The molecule has 0 amide bonds. The van der Waals surface area contributed by atoms with Crippen LogP contribution in [0, 0.1) is 0 Å². The molecule has 2 rings (SSSR count). The Morgan fingerprint density at radius 2 is 1.62 bits per heavy atom. The first-order valence-corrected chi connectivity index (χ1v) is 8.01. The highest BCUT2D eigenvalue weighted by Gasteiger charge is 2.12. The van der Waals surface area contributed by atoms with Crippen molar-refractivity contribution in [2.75, 3.05) is 6.61 Å². The van der Waals surface area contributed by atoms with Gasteiger partial charge in [0.05, 0.1) is 14.7 Å². The van der Waals surface area contributed by atoms with Crippen LogP contribution in [0.25, 0.3) is 0 Å². The van der Waals surface area contributed by atoms with E-state index in [1.165, 1.54) is 6.21 Å². The summed E-state index contributed by atoms with van der Waals surface area (Å²) in [7, 11) is -0.847. The average Bonchev–Trinajstić information content (AvgIpc) is 2.53. The molecule has 0 radical (unpaired) electrons. The molecule has 0 atom stereocenters. The van der Waals surface area contributed by atoms with E-state index in [1.54, 1.807) is 6.92 Å². The molecule has 2 aromatic carbocycles. The second-order valence-electron chi connectivity index (χ2n) is 4.12. The Balaban J connectivity index is 2.16. The molecule has 0 unspecified atom stereocenters. The zero-order valence-electron chi connectivity index (χ0n) is 11.8. The van der Waals surface area contributed by atoms with Crippen LogP contribution in [-0.4, -0.2) is 18.8 Å². The zero-order valence-corrected chi connectivity index (χ0v) is 12.7. The van der Waals surface area contributed by atoms with E-state index in [-0.39, 0.29) is 0 Å². The maximum atomic E-state index is 11.3. The highest BCUT2D eigenvalue weighted by molar-refractivity contribution is 7.71. The van der Waals surface area contributed by atoms with Crippen LogP contribution in [0.3, 0.4) is 0 Å². The van der Waals surface area contributed by atoms with Gasteiger partial charge in [0.25, 0.3) is 0 Å². The first-order valence-electron chi connectivity index (χ1n) is 6.67. The summed E-state index contributed by atoms with van der Waals surface area (Å²) in [5.74, 6) is -0.443. The lowest BCUT2D eigenvalue weighted by Gasteiger charge is -2.17. The van der Waals surface area contributed by atoms with E-state index >= 15 is 0 Å². The van der Waals surface area contributed by atoms with Gasteiger partial charge < -0.3 is 4.74 Å². The summed E-state index contributed by atoms with van der Waals surface area (Å²) in [5.41, 5.74) is 0. The van der Waals surface area contributed by atoms with E-state index in [2.05, 4.69) is 10.3 Å². The molecule has 4 nitrogen and oxygen atoms in total. The smallest absolute Gasteiger partial charge is 0.351 e. The molecule has 0 aliphatic heterocycles. The number of nitrogens with zero attached hydrogens (tertiary/aromatic N) is 1. The van der Waals surface area contributed by atoms with Crippen LogP contribution in [0.4, 0.5) is 0 Å². The van der Waals surface area contributed by atoms with Gasteiger partial charge in [0.1, 0.15) is 6.21 Å². The van der Waals surface area contributed by atoms with Crippen molar-refractivity contribution in [2.45, 2.75) is 6.92 Å². The van der Waals surface area contributed by atoms with Crippen LogP contribution in [-0.2, 0) is 9.53 Å². The highest BCUT2D eigenvalue weighted by Crippen LogP contribution is 2.28. The van der Waals surface area contributed by atoms with E-state index in [4.69, 9.17) is 4.74 Å². The lowest BCUT2D eigenvalue weighted by Crippen LogP contribution is -2.20. The van der Waals surface area contributed by atoms with Crippen molar-refractivity contribution in [1.82, 2.24) is 5.20 Å². The molecule has 5 heteroatoms. The van der Waals surface area contributed by atoms with Crippen LogP contribution < -0.4 is 15.8 Å². The molecule has 0 heterocycles. The van der Waals surface area contributed by atoms with E-state index in [0.717, 1.165) is 10.6 Å². The van der Waals surface area contributed by atoms with E-state index < -0.39 is 14.0 Å². The number of nitrogens with one attached hydrogen (secondary N) is 1. The predicted octanol–water partition coefficient (Wildman–Crippen LogP) is 2.17. The number of ether oxygens (including phenoxy) is 1. The highest BCUT2D eigenvalue weighted by atomic mass is 31.1. The minimum atomic E-state index is -0.847. The zero-order chi connectivity index (χ0) is 14.9. The minimum absolute atomic E-state index is 0.344. The van der Waals surface area contributed by atoms with E-state index in [9.17, 15) is 4.79 Å². The fourth-order valence-corrected chi connectivity index (χ4v) is 3.38. The van der Waals surface area contributed by atoms with Crippen LogP contribution in [0.15, 0.2) is 65.8 Å². The summed E-state index contributed by atoms with van der Waals surface area (Å²) in [6, 6.07) is 20.1. The van der Waals surface area contributed by atoms with Gasteiger partial charge in [-0.1, -0.05) is 60.7 Å². The average molecular weight is 300 g/mol. The minimum Gasteiger partial charge on any atom is -0.462 e. The van der Waals surface area contributed by atoms with Crippen molar-refractivity contribution in [2.24, 2.45) is 5.10 Å². The molecule has 0 aliphatic rings. The van der Waals surface area contributed by atoms with Crippen molar-refractivity contribution in [1.29, 1.82) is 0 Å².